The van der Waals surface area contributed by atoms with Crippen molar-refractivity contribution >= 4 is 40.5 Å². The van der Waals surface area contributed by atoms with Crippen LogP contribution in [-0.2, 0) is 16.1 Å². The van der Waals surface area contributed by atoms with E-state index in [1.165, 1.54) is 16.8 Å². The van der Waals surface area contributed by atoms with Crippen molar-refractivity contribution in [3.8, 4) is 11.3 Å². The summed E-state index contributed by atoms with van der Waals surface area (Å²) in [6, 6.07) is 9.33. The number of nitro benzene ring substituents is 1. The van der Waals surface area contributed by atoms with Crippen LogP contribution >= 0.6 is 12.2 Å². The molecule has 0 atom stereocenters. The SMILES string of the molecule is CCOC(=O)CCCn1[nH]c(=O)c2cc3oc(-c4ccc([N+](=O)[O-])cc4)cc3n2c1=S. The van der Waals surface area contributed by atoms with Crippen molar-refractivity contribution < 1.29 is 18.9 Å². The molecule has 3 heterocycles. The van der Waals surface area contributed by atoms with Crippen molar-refractivity contribution in [1.82, 2.24) is 14.2 Å². The van der Waals surface area contributed by atoms with E-state index in [2.05, 4.69) is 5.10 Å². The van der Waals surface area contributed by atoms with Gasteiger partial charge in [0.25, 0.3) is 11.2 Å². The molecule has 0 aliphatic heterocycles. The van der Waals surface area contributed by atoms with Gasteiger partial charge in [-0.2, -0.15) is 0 Å². The van der Waals surface area contributed by atoms with E-state index in [9.17, 15) is 19.7 Å². The van der Waals surface area contributed by atoms with Gasteiger partial charge in [0.2, 0.25) is 0 Å². The van der Waals surface area contributed by atoms with Crippen LogP contribution in [0.2, 0.25) is 0 Å². The van der Waals surface area contributed by atoms with Gasteiger partial charge in [-0.25, -0.2) is 0 Å². The maximum absolute atomic E-state index is 12.5. The molecule has 1 aromatic carbocycles. The number of aromatic nitrogens is 3. The molecule has 0 unspecified atom stereocenters. The zero-order chi connectivity index (χ0) is 22.1. The van der Waals surface area contributed by atoms with Crippen molar-refractivity contribution in [1.29, 1.82) is 0 Å². The lowest BCUT2D eigenvalue weighted by molar-refractivity contribution is -0.384. The number of benzene rings is 1. The van der Waals surface area contributed by atoms with E-state index >= 15 is 0 Å². The minimum Gasteiger partial charge on any atom is -0.466 e. The number of hydrogen-bond acceptors (Lipinski definition) is 7. The Kier molecular flexibility index (Phi) is 5.42. The van der Waals surface area contributed by atoms with Crippen LogP contribution in [0.1, 0.15) is 19.8 Å². The molecule has 160 valence electrons. The Labute approximate surface area is 179 Å². The number of carbonyl (C=O) groups is 1. The summed E-state index contributed by atoms with van der Waals surface area (Å²) in [6.07, 6.45) is 0.672. The number of hydrogen-bond donors (Lipinski definition) is 1. The Morgan fingerprint density at radius 2 is 2.00 bits per heavy atom. The van der Waals surface area contributed by atoms with Crippen LogP contribution in [0.3, 0.4) is 0 Å². The summed E-state index contributed by atoms with van der Waals surface area (Å²) in [4.78, 5) is 34.5. The largest absolute Gasteiger partial charge is 0.466 e. The Morgan fingerprint density at radius 3 is 2.68 bits per heavy atom. The average molecular weight is 442 g/mol. The van der Waals surface area contributed by atoms with Gasteiger partial charge in [0.05, 0.1) is 17.0 Å². The van der Waals surface area contributed by atoms with Gasteiger partial charge < -0.3 is 9.15 Å². The number of nitro groups is 1. The number of non-ortho nitro benzene ring substituents is 1. The van der Waals surface area contributed by atoms with E-state index < -0.39 is 4.92 Å². The first-order valence-electron chi connectivity index (χ1n) is 9.57. The molecule has 3 aromatic heterocycles. The highest BCUT2D eigenvalue weighted by Crippen LogP contribution is 2.30. The van der Waals surface area contributed by atoms with Crippen molar-refractivity contribution in [3.05, 3.63) is 61.6 Å². The molecule has 31 heavy (non-hydrogen) atoms. The predicted octanol–water partition coefficient (Wildman–Crippen LogP) is 3.82. The van der Waals surface area contributed by atoms with Crippen molar-refractivity contribution in [3.63, 3.8) is 0 Å². The highest BCUT2D eigenvalue weighted by atomic mass is 32.1. The molecule has 0 fully saturated rings. The minimum absolute atomic E-state index is 0.0163. The molecule has 4 rings (SSSR count). The molecule has 0 amide bonds. The van der Waals surface area contributed by atoms with Gasteiger partial charge >= 0.3 is 5.97 Å². The number of rotatable bonds is 7. The molecule has 0 aliphatic carbocycles. The first-order valence-corrected chi connectivity index (χ1v) is 9.98. The minimum atomic E-state index is -0.470. The summed E-state index contributed by atoms with van der Waals surface area (Å²) in [6.45, 7) is 2.40. The van der Waals surface area contributed by atoms with Crippen LogP contribution < -0.4 is 5.56 Å². The third-order valence-electron chi connectivity index (χ3n) is 4.81. The number of nitrogens with zero attached hydrogens (tertiary/aromatic N) is 3. The maximum atomic E-state index is 12.5. The Bertz CT molecular complexity index is 1410. The average Bonchev–Trinajstić information content (AvgIpc) is 3.30. The highest BCUT2D eigenvalue weighted by Gasteiger charge is 2.16. The Morgan fingerprint density at radius 1 is 1.26 bits per heavy atom. The van der Waals surface area contributed by atoms with Gasteiger partial charge in [0.15, 0.2) is 10.4 Å². The number of aryl methyl sites for hydroxylation is 1. The van der Waals surface area contributed by atoms with Crippen molar-refractivity contribution in [2.45, 2.75) is 26.3 Å². The van der Waals surface area contributed by atoms with Gasteiger partial charge in [-0.05, 0) is 37.7 Å². The van der Waals surface area contributed by atoms with Gasteiger partial charge in [-0.1, -0.05) is 0 Å². The fraction of sp³-hybridized carbons (Fsp3) is 0.250. The molecule has 10 nitrogen and oxygen atoms in total. The number of ether oxygens (including phenoxy) is 1. The van der Waals surface area contributed by atoms with Crippen LogP contribution in [0, 0.1) is 14.9 Å². The van der Waals surface area contributed by atoms with Crippen LogP contribution in [-0.4, -0.2) is 31.7 Å². The second-order valence-corrected chi connectivity index (χ2v) is 7.18. The smallest absolute Gasteiger partial charge is 0.305 e. The summed E-state index contributed by atoms with van der Waals surface area (Å²) in [5.41, 5.74) is 1.72. The predicted molar refractivity (Wildman–Crippen MR) is 115 cm³/mol. The lowest BCUT2D eigenvalue weighted by Gasteiger charge is -2.08. The van der Waals surface area contributed by atoms with Gasteiger partial charge in [0, 0.05) is 42.8 Å². The molecule has 0 aliphatic rings. The standard InChI is InChI=1S/C20H18N4O6S/c1-2-29-18(25)4-3-9-22-20(31)23-14-10-16(12-5-7-13(8-6-12)24(27)28)30-17(14)11-15(23)19(26)21-22/h5-8,10-11H,2-4,9H2,1H3,(H,21,26). The van der Waals surface area contributed by atoms with Crippen LogP contribution in [0.4, 0.5) is 5.69 Å². The Balaban J connectivity index is 1.70. The number of carbonyl (C=O) groups excluding carboxylic acids is 1. The monoisotopic (exact) mass is 442 g/mol. The van der Waals surface area contributed by atoms with E-state index in [-0.39, 0.29) is 23.6 Å². The molecule has 0 radical (unpaired) electrons. The van der Waals surface area contributed by atoms with Crippen LogP contribution in [0.5, 0.6) is 0 Å². The second kappa shape index (κ2) is 8.19. The number of furan rings is 1. The number of esters is 1. The number of H-pyrrole nitrogens is 1. The Hall–Kier alpha value is -3.73. The molecule has 11 heteroatoms. The van der Waals surface area contributed by atoms with Gasteiger partial charge in [0.1, 0.15) is 11.3 Å². The lowest BCUT2D eigenvalue weighted by Crippen LogP contribution is -2.21. The first kappa shape index (κ1) is 20.5. The quantitative estimate of drug-likeness (QED) is 0.200. The summed E-state index contributed by atoms with van der Waals surface area (Å²) < 4.78 is 14.3. The molecule has 0 saturated carbocycles. The van der Waals surface area contributed by atoms with Gasteiger partial charge in [-0.3, -0.25) is 33.9 Å². The van der Waals surface area contributed by atoms with Crippen molar-refractivity contribution in [2.24, 2.45) is 0 Å². The second-order valence-electron chi connectivity index (χ2n) is 6.81. The molecular formula is C20H18N4O6S. The molecule has 0 saturated heterocycles. The zero-order valence-corrected chi connectivity index (χ0v) is 17.3. The van der Waals surface area contributed by atoms with E-state index in [1.54, 1.807) is 35.6 Å². The van der Waals surface area contributed by atoms with Gasteiger partial charge in [-0.15, -0.1) is 0 Å². The summed E-state index contributed by atoms with van der Waals surface area (Å²) in [5, 5.41) is 13.6. The van der Waals surface area contributed by atoms with Crippen molar-refractivity contribution in [2.75, 3.05) is 6.61 Å². The topological polar surface area (TPSA) is 125 Å². The van der Waals surface area contributed by atoms with E-state index in [1.807, 2.05) is 0 Å². The van der Waals surface area contributed by atoms with E-state index in [0.717, 1.165) is 0 Å². The summed E-state index contributed by atoms with van der Waals surface area (Å²) in [5.74, 6) is 0.196. The number of fused-ring (bicyclic) bond motifs is 3. The summed E-state index contributed by atoms with van der Waals surface area (Å²) in [7, 11) is 0. The first-order chi connectivity index (χ1) is 14.9. The molecule has 0 spiro atoms. The number of nitrogens with one attached hydrogen (secondary N) is 1. The van der Waals surface area contributed by atoms with Crippen LogP contribution in [0.25, 0.3) is 27.9 Å². The van der Waals surface area contributed by atoms with Crippen LogP contribution in [0.15, 0.2) is 45.6 Å². The third-order valence-corrected chi connectivity index (χ3v) is 5.21. The fourth-order valence-corrected chi connectivity index (χ4v) is 3.70. The molecule has 4 aromatic rings. The summed E-state index contributed by atoms with van der Waals surface area (Å²) >= 11 is 5.56. The molecule has 0 bridgehead atoms. The molecule has 1 N–H and O–H groups in total. The highest BCUT2D eigenvalue weighted by molar-refractivity contribution is 7.71. The maximum Gasteiger partial charge on any atom is 0.305 e. The normalized spacial score (nSPS) is 11.3. The van der Waals surface area contributed by atoms with E-state index in [4.69, 9.17) is 21.4 Å². The third kappa shape index (κ3) is 3.87. The zero-order valence-electron chi connectivity index (χ0n) is 16.5. The van der Waals surface area contributed by atoms with E-state index in [0.29, 0.717) is 52.3 Å². The fourth-order valence-electron chi connectivity index (χ4n) is 3.37. The lowest BCUT2D eigenvalue weighted by atomic mass is 10.1. The molecular weight excluding hydrogens is 424 g/mol. The number of aromatic amines is 1.